The predicted molar refractivity (Wildman–Crippen MR) is 300 cm³/mol. The summed E-state index contributed by atoms with van der Waals surface area (Å²) in [6.07, 6.45) is 67.5. The Morgan fingerprint density at radius 1 is 0.507 bits per heavy atom. The minimum absolute atomic E-state index is 0.0704. The van der Waals surface area contributed by atoms with E-state index >= 15 is 0 Å². The van der Waals surface area contributed by atoms with Gasteiger partial charge in [0.15, 0.2) is 0 Å². The van der Waals surface area contributed by atoms with Crippen molar-refractivity contribution >= 4 is 13.7 Å². The van der Waals surface area contributed by atoms with Gasteiger partial charge in [-0.3, -0.25) is 13.8 Å². The van der Waals surface area contributed by atoms with Crippen molar-refractivity contribution < 1.29 is 32.9 Å². The number of unbranched alkanes of at least 4 members (excludes halogenated alkanes) is 33. The molecule has 3 unspecified atom stereocenters. The van der Waals surface area contributed by atoms with E-state index in [1.165, 1.54) is 173 Å². The molecule has 9 heteroatoms. The van der Waals surface area contributed by atoms with Crippen molar-refractivity contribution in [1.82, 2.24) is 5.32 Å². The molecule has 0 saturated carbocycles. The van der Waals surface area contributed by atoms with Gasteiger partial charge in [0.05, 0.1) is 39.9 Å². The first-order valence-electron chi connectivity index (χ1n) is 29.5. The molecule has 0 fully saturated rings. The van der Waals surface area contributed by atoms with Gasteiger partial charge < -0.3 is 19.8 Å². The molecular weight excluding hydrogens is 876 g/mol. The second-order valence-corrected chi connectivity index (χ2v) is 22.8. The van der Waals surface area contributed by atoms with E-state index in [4.69, 9.17) is 9.05 Å². The quantitative estimate of drug-likeness (QED) is 0.0243. The number of carbonyl (C=O) groups excluding carboxylic acids is 1. The molecule has 0 bridgehead atoms. The Hall–Kier alpha value is -1.54. The number of quaternary nitrogens is 1. The molecule has 0 aliphatic carbocycles. The van der Waals surface area contributed by atoms with Crippen LogP contribution in [0.5, 0.6) is 0 Å². The van der Waals surface area contributed by atoms with Crippen molar-refractivity contribution in [3.63, 3.8) is 0 Å². The maximum Gasteiger partial charge on any atom is 0.472 e. The van der Waals surface area contributed by atoms with E-state index in [-0.39, 0.29) is 19.1 Å². The average molecular weight is 993 g/mol. The Morgan fingerprint density at radius 3 is 1.28 bits per heavy atom. The lowest BCUT2D eigenvalue weighted by atomic mass is 10.0. The first kappa shape index (κ1) is 67.5. The number of phosphoric ester groups is 1. The van der Waals surface area contributed by atoms with Crippen molar-refractivity contribution in [3.05, 3.63) is 48.6 Å². The number of likely N-dealkylation sites (N-methyl/N-ethyl adjacent to an activating group) is 1. The van der Waals surface area contributed by atoms with Gasteiger partial charge in [-0.1, -0.05) is 268 Å². The summed E-state index contributed by atoms with van der Waals surface area (Å²) in [5.41, 5.74) is 0. The van der Waals surface area contributed by atoms with Crippen molar-refractivity contribution in [3.8, 4) is 0 Å². The zero-order chi connectivity index (χ0) is 50.6. The van der Waals surface area contributed by atoms with E-state index in [0.29, 0.717) is 23.9 Å². The first-order valence-corrected chi connectivity index (χ1v) is 31.0. The fraction of sp³-hybridized carbons (Fsp3) is 0.850. The molecule has 406 valence electrons. The maximum absolute atomic E-state index is 13.0. The van der Waals surface area contributed by atoms with Crippen LogP contribution in [0, 0.1) is 0 Å². The number of nitrogens with one attached hydrogen (secondary N) is 1. The highest BCUT2D eigenvalue weighted by Gasteiger charge is 2.28. The number of aliphatic hydroxyl groups is 1. The van der Waals surface area contributed by atoms with E-state index in [2.05, 4.69) is 67.8 Å². The van der Waals surface area contributed by atoms with Crippen molar-refractivity contribution in [2.75, 3.05) is 40.9 Å². The number of hydrogen-bond donors (Lipinski definition) is 3. The second-order valence-electron chi connectivity index (χ2n) is 21.3. The van der Waals surface area contributed by atoms with E-state index in [1.54, 1.807) is 0 Å². The predicted octanol–water partition coefficient (Wildman–Crippen LogP) is 17.9. The van der Waals surface area contributed by atoms with Crippen molar-refractivity contribution in [2.45, 2.75) is 289 Å². The molecule has 3 N–H and O–H groups in total. The van der Waals surface area contributed by atoms with Crippen LogP contribution in [-0.2, 0) is 18.4 Å². The minimum atomic E-state index is -4.33. The average Bonchev–Trinajstić information content (AvgIpc) is 3.31. The molecule has 0 aromatic heterocycles. The number of carbonyl (C=O) groups is 1. The number of allylic oxidation sites excluding steroid dienone is 8. The Bertz CT molecular complexity index is 1260. The van der Waals surface area contributed by atoms with Crippen molar-refractivity contribution in [1.29, 1.82) is 0 Å². The highest BCUT2D eigenvalue weighted by atomic mass is 31.2. The lowest BCUT2D eigenvalue weighted by molar-refractivity contribution is -0.870. The Balaban J connectivity index is 4.13. The third-order valence-electron chi connectivity index (χ3n) is 13.3. The summed E-state index contributed by atoms with van der Waals surface area (Å²) in [5.74, 6) is -0.156. The van der Waals surface area contributed by atoms with E-state index in [1.807, 2.05) is 21.1 Å². The van der Waals surface area contributed by atoms with E-state index in [9.17, 15) is 19.4 Å². The summed E-state index contributed by atoms with van der Waals surface area (Å²) >= 11 is 0. The van der Waals surface area contributed by atoms with Crippen LogP contribution >= 0.6 is 7.82 Å². The van der Waals surface area contributed by atoms with Crippen LogP contribution in [0.25, 0.3) is 0 Å². The fourth-order valence-electron chi connectivity index (χ4n) is 8.75. The summed E-state index contributed by atoms with van der Waals surface area (Å²) in [6, 6.07) is -0.771. The van der Waals surface area contributed by atoms with Gasteiger partial charge in [-0.05, 0) is 51.4 Å². The Morgan fingerprint density at radius 2 is 0.870 bits per heavy atom. The molecule has 0 spiro atoms. The van der Waals surface area contributed by atoms with Gasteiger partial charge in [0.25, 0.3) is 0 Å². The third-order valence-corrected chi connectivity index (χ3v) is 14.3. The largest absolute Gasteiger partial charge is 0.472 e. The van der Waals surface area contributed by atoms with Crippen LogP contribution in [0.3, 0.4) is 0 Å². The summed E-state index contributed by atoms with van der Waals surface area (Å²) in [6.45, 7) is 4.79. The van der Waals surface area contributed by atoms with Crippen LogP contribution in [0.4, 0.5) is 0 Å². The molecule has 0 radical (unpaired) electrons. The van der Waals surface area contributed by atoms with E-state index < -0.39 is 20.0 Å². The Kier molecular flexibility index (Phi) is 50.2. The number of amides is 1. The fourth-order valence-corrected chi connectivity index (χ4v) is 9.48. The summed E-state index contributed by atoms with van der Waals surface area (Å²) in [7, 11) is 1.61. The number of hydrogen-bond acceptors (Lipinski definition) is 5. The van der Waals surface area contributed by atoms with Crippen LogP contribution in [0.1, 0.15) is 277 Å². The second kappa shape index (κ2) is 51.4. The number of rotatable bonds is 54. The zero-order valence-corrected chi connectivity index (χ0v) is 47.2. The van der Waals surface area contributed by atoms with Gasteiger partial charge in [0.1, 0.15) is 13.2 Å². The lowest BCUT2D eigenvalue weighted by Crippen LogP contribution is -2.46. The number of nitrogens with zero attached hydrogens (tertiary/aromatic N) is 1. The third kappa shape index (κ3) is 54.1. The molecule has 0 aromatic rings. The molecule has 0 aliphatic rings. The molecule has 8 nitrogen and oxygen atoms in total. The minimum Gasteiger partial charge on any atom is -0.391 e. The monoisotopic (exact) mass is 992 g/mol. The first-order chi connectivity index (χ1) is 33.5. The molecule has 69 heavy (non-hydrogen) atoms. The van der Waals surface area contributed by atoms with Crippen molar-refractivity contribution in [2.24, 2.45) is 0 Å². The highest BCUT2D eigenvalue weighted by Crippen LogP contribution is 2.43. The van der Waals surface area contributed by atoms with Gasteiger partial charge in [0.2, 0.25) is 5.91 Å². The van der Waals surface area contributed by atoms with Gasteiger partial charge in [-0.25, -0.2) is 4.57 Å². The molecule has 1 amide bonds. The standard InChI is InChI=1S/C60H115N2O6P/c1-6-8-10-12-14-16-18-20-22-24-26-27-28-29-30-31-32-33-34-36-37-39-41-43-45-47-49-51-53-59(63)58(57-68-69(65,66)67-56-55-62(3,4)5)61-60(64)54-52-50-48-46-44-42-40-38-35-25-23-21-19-17-15-13-11-9-7-2/h9,11,15,17,21,23,35,38,58-59,63H,6-8,10,12-14,16,18-20,22,24-34,36-37,39-57H2,1-5H3,(H-,61,64,65,66)/p+1/b11-9-,17-15-,23-21-,38-35-. The summed E-state index contributed by atoms with van der Waals surface area (Å²) < 4.78 is 23.8. The maximum atomic E-state index is 13.0. The lowest BCUT2D eigenvalue weighted by Gasteiger charge is -2.26. The normalized spacial score (nSPS) is 14.2. The molecule has 0 heterocycles. The van der Waals surface area contributed by atoms with Gasteiger partial charge >= 0.3 is 7.82 Å². The topological polar surface area (TPSA) is 105 Å². The molecule has 3 atom stereocenters. The summed E-state index contributed by atoms with van der Waals surface area (Å²) in [4.78, 5) is 23.3. The smallest absolute Gasteiger partial charge is 0.391 e. The van der Waals surface area contributed by atoms with Gasteiger partial charge in [0, 0.05) is 6.42 Å². The Labute approximate surface area is 429 Å². The molecule has 0 saturated heterocycles. The SMILES string of the molecule is CC/C=C\C/C=C\C/C=C\C/C=C\CCCCCCCCC(=O)NC(COP(=O)(O)OCC[N+](C)(C)C)C(O)CCCCCCCCCCCCCCCCCCCCCCCCCCCCCC. The number of phosphoric acid groups is 1. The van der Waals surface area contributed by atoms with Gasteiger partial charge in [-0.15, -0.1) is 0 Å². The molecule has 0 aromatic carbocycles. The van der Waals surface area contributed by atoms with Gasteiger partial charge in [-0.2, -0.15) is 0 Å². The highest BCUT2D eigenvalue weighted by molar-refractivity contribution is 7.47. The van der Waals surface area contributed by atoms with E-state index in [0.717, 1.165) is 77.0 Å². The summed E-state index contributed by atoms with van der Waals surface area (Å²) in [5, 5.41) is 14.1. The van der Waals surface area contributed by atoms with Crippen LogP contribution in [0.2, 0.25) is 0 Å². The van der Waals surface area contributed by atoms with Crippen LogP contribution < -0.4 is 5.32 Å². The number of aliphatic hydroxyl groups excluding tert-OH is 1. The van der Waals surface area contributed by atoms with Crippen LogP contribution in [-0.4, -0.2) is 73.4 Å². The molecule has 0 rings (SSSR count). The zero-order valence-electron chi connectivity index (χ0n) is 46.3. The van der Waals surface area contributed by atoms with Crippen LogP contribution in [0.15, 0.2) is 48.6 Å². The molecule has 0 aliphatic heterocycles. The molecular formula is C60H116N2O6P+.